The average Bonchev–Trinajstić information content (AvgIpc) is 3.12. The van der Waals surface area contributed by atoms with Gasteiger partial charge in [-0.3, -0.25) is 4.79 Å². The van der Waals surface area contributed by atoms with Gasteiger partial charge in [-0.25, -0.2) is 0 Å². The second-order valence-corrected chi connectivity index (χ2v) is 6.93. The van der Waals surface area contributed by atoms with Crippen molar-refractivity contribution in [2.75, 3.05) is 11.9 Å². The van der Waals surface area contributed by atoms with Crippen molar-refractivity contribution in [3.63, 3.8) is 0 Å². The maximum atomic E-state index is 12.9. The van der Waals surface area contributed by atoms with Gasteiger partial charge in [-0.1, -0.05) is 56.3 Å². The summed E-state index contributed by atoms with van der Waals surface area (Å²) >= 11 is 0. The lowest BCUT2D eigenvalue weighted by Crippen LogP contribution is -2.39. The van der Waals surface area contributed by atoms with Gasteiger partial charge in [-0.05, 0) is 41.6 Å². The van der Waals surface area contributed by atoms with Crippen LogP contribution in [0.25, 0.3) is 0 Å². The highest BCUT2D eigenvalue weighted by Gasteiger charge is 2.55. The molecule has 4 rings (SSSR count). The van der Waals surface area contributed by atoms with Crippen molar-refractivity contribution in [3.05, 3.63) is 65.2 Å². The van der Waals surface area contributed by atoms with Crippen LogP contribution in [0.5, 0.6) is 0 Å². The maximum Gasteiger partial charge on any atom is 0.237 e. The van der Waals surface area contributed by atoms with E-state index in [0.29, 0.717) is 5.92 Å². The molecule has 0 radical (unpaired) electrons. The molecule has 3 nitrogen and oxygen atoms in total. The molecule has 1 fully saturated rings. The minimum absolute atomic E-state index is 0.0346. The highest BCUT2D eigenvalue weighted by atomic mass is 16.2. The first-order valence-electron chi connectivity index (χ1n) is 8.37. The molecule has 0 aliphatic carbocycles. The number of anilines is 1. The number of para-hydroxylation sites is 1. The molecule has 0 unspecified atom stereocenters. The van der Waals surface area contributed by atoms with Crippen LogP contribution in [0.4, 0.5) is 5.69 Å². The molecule has 1 amide bonds. The molecule has 0 bridgehead atoms. The summed E-state index contributed by atoms with van der Waals surface area (Å²) in [4.78, 5) is 12.9. The normalized spacial score (nSPS) is 25.9. The van der Waals surface area contributed by atoms with Gasteiger partial charge in [0, 0.05) is 5.69 Å². The third-order valence-corrected chi connectivity index (χ3v) is 5.36. The number of hydrogen-bond donors (Lipinski definition) is 2. The summed E-state index contributed by atoms with van der Waals surface area (Å²) < 4.78 is 0. The van der Waals surface area contributed by atoms with Gasteiger partial charge < -0.3 is 10.6 Å². The van der Waals surface area contributed by atoms with Crippen LogP contribution in [0.2, 0.25) is 0 Å². The number of fused-ring (bicyclic) bond motifs is 2. The summed E-state index contributed by atoms with van der Waals surface area (Å²) in [6.07, 6.45) is 0.840. The number of carbonyl (C=O) groups excluding carboxylic acids is 1. The zero-order valence-electron chi connectivity index (χ0n) is 13.6. The fourth-order valence-electron chi connectivity index (χ4n) is 4.08. The summed E-state index contributed by atoms with van der Waals surface area (Å²) in [6, 6.07) is 16.9. The lowest BCUT2D eigenvalue weighted by Gasteiger charge is -2.29. The summed E-state index contributed by atoms with van der Waals surface area (Å²) in [5.74, 6) is 0.645. The molecule has 2 heterocycles. The smallest absolute Gasteiger partial charge is 0.237 e. The Bertz CT molecular complexity index is 750. The van der Waals surface area contributed by atoms with E-state index in [2.05, 4.69) is 54.8 Å². The third kappa shape index (κ3) is 2.03. The van der Waals surface area contributed by atoms with Crippen molar-refractivity contribution in [2.24, 2.45) is 0 Å². The largest absolute Gasteiger partial charge is 0.325 e. The van der Waals surface area contributed by atoms with E-state index in [1.54, 1.807) is 0 Å². The van der Waals surface area contributed by atoms with Crippen LogP contribution in [0.1, 0.15) is 48.9 Å². The molecule has 2 aromatic rings. The number of hydrogen-bond acceptors (Lipinski definition) is 2. The fraction of sp³-hybridized carbons (Fsp3) is 0.350. The Labute approximate surface area is 137 Å². The monoisotopic (exact) mass is 306 g/mol. The Morgan fingerprint density at radius 2 is 1.83 bits per heavy atom. The van der Waals surface area contributed by atoms with E-state index in [0.717, 1.165) is 24.2 Å². The van der Waals surface area contributed by atoms with Crippen LogP contribution in [0.3, 0.4) is 0 Å². The Morgan fingerprint density at radius 3 is 2.57 bits per heavy atom. The van der Waals surface area contributed by atoms with E-state index in [9.17, 15) is 4.79 Å². The number of amides is 1. The molecule has 2 aliphatic heterocycles. The van der Waals surface area contributed by atoms with Gasteiger partial charge in [0.05, 0.1) is 11.5 Å². The van der Waals surface area contributed by atoms with Gasteiger partial charge in [0.25, 0.3) is 0 Å². The topological polar surface area (TPSA) is 41.1 Å². The first-order valence-corrected chi connectivity index (χ1v) is 8.37. The Balaban J connectivity index is 1.79. The molecule has 2 N–H and O–H groups in total. The average molecular weight is 306 g/mol. The van der Waals surface area contributed by atoms with Crippen LogP contribution in [-0.4, -0.2) is 12.5 Å². The minimum atomic E-state index is -0.476. The van der Waals surface area contributed by atoms with E-state index < -0.39 is 5.41 Å². The summed E-state index contributed by atoms with van der Waals surface area (Å²) in [6.45, 7) is 5.26. The number of nitrogens with one attached hydrogen (secondary N) is 2. The lowest BCUT2D eigenvalue weighted by atomic mass is 9.73. The van der Waals surface area contributed by atoms with Crippen molar-refractivity contribution in [1.29, 1.82) is 0 Å². The quantitative estimate of drug-likeness (QED) is 0.887. The van der Waals surface area contributed by atoms with Crippen LogP contribution in [0.15, 0.2) is 48.5 Å². The Hall–Kier alpha value is -2.13. The molecule has 1 saturated heterocycles. The Morgan fingerprint density at radius 1 is 1.09 bits per heavy atom. The highest BCUT2D eigenvalue weighted by Crippen LogP contribution is 2.50. The first-order chi connectivity index (χ1) is 11.1. The van der Waals surface area contributed by atoms with Gasteiger partial charge in [0.2, 0.25) is 5.91 Å². The van der Waals surface area contributed by atoms with Crippen molar-refractivity contribution in [2.45, 2.75) is 37.6 Å². The van der Waals surface area contributed by atoms with Crippen LogP contribution in [0, 0.1) is 0 Å². The molecular formula is C20H22N2O. The van der Waals surface area contributed by atoms with Crippen molar-refractivity contribution < 1.29 is 4.79 Å². The van der Waals surface area contributed by atoms with Crippen LogP contribution >= 0.6 is 0 Å². The summed E-state index contributed by atoms with van der Waals surface area (Å²) in [7, 11) is 0. The second kappa shape index (κ2) is 5.20. The Kier molecular flexibility index (Phi) is 3.27. The van der Waals surface area contributed by atoms with Crippen molar-refractivity contribution in [3.8, 4) is 0 Å². The third-order valence-electron chi connectivity index (χ3n) is 5.36. The van der Waals surface area contributed by atoms with E-state index in [1.807, 2.05) is 18.2 Å². The summed E-state index contributed by atoms with van der Waals surface area (Å²) in [5, 5.41) is 6.65. The second-order valence-electron chi connectivity index (χ2n) is 6.93. The zero-order valence-corrected chi connectivity index (χ0v) is 13.6. The molecule has 118 valence electrons. The molecule has 0 aromatic heterocycles. The van der Waals surface area contributed by atoms with Gasteiger partial charge >= 0.3 is 0 Å². The fourth-order valence-corrected chi connectivity index (χ4v) is 4.08. The number of carbonyl (C=O) groups is 1. The van der Waals surface area contributed by atoms with Crippen LogP contribution < -0.4 is 10.6 Å². The van der Waals surface area contributed by atoms with E-state index >= 15 is 0 Å². The standard InChI is InChI=1S/C20H22N2O/c1-13(2)14-7-9-15(10-8-14)18-20(11-12-21-18)16-5-3-4-6-17(16)22-19(20)23/h3-10,13,18,21H,11-12H2,1-2H3,(H,22,23)/t18-,20-/m1/s1. The van der Waals surface area contributed by atoms with Crippen molar-refractivity contribution >= 4 is 11.6 Å². The van der Waals surface area contributed by atoms with E-state index in [4.69, 9.17) is 0 Å². The SMILES string of the molecule is CC(C)c1ccc([C@H]2NCC[C@]23C(=O)Nc2ccccc23)cc1. The number of rotatable bonds is 2. The molecule has 3 heteroatoms. The zero-order chi connectivity index (χ0) is 16.0. The predicted octanol–water partition coefficient (Wildman–Crippen LogP) is 3.73. The lowest BCUT2D eigenvalue weighted by molar-refractivity contribution is -0.121. The van der Waals surface area contributed by atoms with E-state index in [1.165, 1.54) is 11.1 Å². The molecule has 23 heavy (non-hydrogen) atoms. The van der Waals surface area contributed by atoms with Gasteiger partial charge in [-0.15, -0.1) is 0 Å². The maximum absolute atomic E-state index is 12.9. The molecule has 0 saturated carbocycles. The van der Waals surface area contributed by atoms with Gasteiger partial charge in [0.1, 0.15) is 0 Å². The molecule has 2 atom stereocenters. The molecule has 1 spiro atoms. The first kappa shape index (κ1) is 14.5. The van der Waals surface area contributed by atoms with Crippen LogP contribution in [-0.2, 0) is 10.2 Å². The molecule has 2 aromatic carbocycles. The predicted molar refractivity (Wildman–Crippen MR) is 92.6 cm³/mol. The summed E-state index contributed by atoms with van der Waals surface area (Å²) in [5.41, 5.74) is 4.14. The minimum Gasteiger partial charge on any atom is -0.325 e. The molecular weight excluding hydrogens is 284 g/mol. The van der Waals surface area contributed by atoms with Gasteiger partial charge in [0.15, 0.2) is 0 Å². The van der Waals surface area contributed by atoms with E-state index in [-0.39, 0.29) is 11.9 Å². The highest BCUT2D eigenvalue weighted by molar-refractivity contribution is 6.07. The number of benzene rings is 2. The van der Waals surface area contributed by atoms with Gasteiger partial charge in [-0.2, -0.15) is 0 Å². The van der Waals surface area contributed by atoms with Crippen molar-refractivity contribution in [1.82, 2.24) is 5.32 Å². The molecule has 2 aliphatic rings.